The molecule has 0 bridgehead atoms. The summed E-state index contributed by atoms with van der Waals surface area (Å²) in [5.74, 6) is 0.565. The van der Waals surface area contributed by atoms with Crippen LogP contribution < -0.4 is 4.90 Å². The molecule has 1 aliphatic carbocycles. The molecule has 0 aliphatic heterocycles. The largest absolute Gasteiger partial charge is 0.393 e. The third kappa shape index (κ3) is 2.76. The Morgan fingerprint density at radius 1 is 1.47 bits per heavy atom. The molecule has 4 heteroatoms. The topological polar surface area (TPSA) is 56.6 Å². The number of aromatic nitrogens is 1. The van der Waals surface area contributed by atoms with Crippen LogP contribution in [0.1, 0.15) is 24.1 Å². The highest BCUT2D eigenvalue weighted by molar-refractivity contribution is 5.52. The summed E-state index contributed by atoms with van der Waals surface area (Å²) in [5, 5.41) is 18.6. The molecule has 0 radical (unpaired) electrons. The van der Waals surface area contributed by atoms with Crippen molar-refractivity contribution < 1.29 is 10.2 Å². The fourth-order valence-electron chi connectivity index (χ4n) is 2.39. The van der Waals surface area contributed by atoms with Gasteiger partial charge in [0.2, 0.25) is 0 Å². The van der Waals surface area contributed by atoms with E-state index in [1.54, 1.807) is 6.20 Å². The summed E-state index contributed by atoms with van der Waals surface area (Å²) in [7, 11) is 2.03. The van der Waals surface area contributed by atoms with Gasteiger partial charge in [0.15, 0.2) is 0 Å². The average molecular weight is 236 g/mol. The fourth-order valence-corrected chi connectivity index (χ4v) is 2.39. The van der Waals surface area contributed by atoms with Gasteiger partial charge in [-0.2, -0.15) is 0 Å². The van der Waals surface area contributed by atoms with Crippen molar-refractivity contribution in [3.63, 3.8) is 0 Å². The van der Waals surface area contributed by atoms with E-state index in [4.69, 9.17) is 0 Å². The first-order chi connectivity index (χ1) is 8.10. The molecule has 1 heterocycles. The molecule has 0 saturated heterocycles. The van der Waals surface area contributed by atoms with Crippen LogP contribution in [0.25, 0.3) is 0 Å². The minimum atomic E-state index is -0.107. The van der Waals surface area contributed by atoms with E-state index in [0.717, 1.165) is 36.3 Å². The molecule has 94 valence electrons. The van der Waals surface area contributed by atoms with Gasteiger partial charge in [0.1, 0.15) is 0 Å². The predicted molar refractivity (Wildman–Crippen MR) is 66.9 cm³/mol. The van der Waals surface area contributed by atoms with E-state index in [-0.39, 0.29) is 12.7 Å². The zero-order valence-electron chi connectivity index (χ0n) is 10.4. The molecule has 2 N–H and O–H groups in total. The molecule has 0 atom stereocenters. The van der Waals surface area contributed by atoms with Crippen molar-refractivity contribution >= 4 is 5.69 Å². The highest BCUT2D eigenvalue weighted by Crippen LogP contribution is 2.30. The number of hydrogen-bond acceptors (Lipinski definition) is 4. The summed E-state index contributed by atoms with van der Waals surface area (Å²) in [6.07, 6.45) is 3.41. The Balaban J connectivity index is 2.06. The highest BCUT2D eigenvalue weighted by Gasteiger charge is 2.28. The molecule has 17 heavy (non-hydrogen) atoms. The maximum Gasteiger partial charge on any atom is 0.0717 e. The van der Waals surface area contributed by atoms with Crippen molar-refractivity contribution in [1.29, 1.82) is 0 Å². The summed E-state index contributed by atoms with van der Waals surface area (Å²) in [6.45, 7) is 2.89. The summed E-state index contributed by atoms with van der Waals surface area (Å²) < 4.78 is 0. The molecule has 0 aromatic carbocycles. The van der Waals surface area contributed by atoms with Crippen molar-refractivity contribution in [2.75, 3.05) is 18.5 Å². The summed E-state index contributed by atoms with van der Waals surface area (Å²) in [5.41, 5.74) is 2.86. The lowest BCUT2D eigenvalue weighted by molar-refractivity contribution is 0.0464. The van der Waals surface area contributed by atoms with Crippen LogP contribution in [0.3, 0.4) is 0 Å². The zero-order chi connectivity index (χ0) is 12.4. The van der Waals surface area contributed by atoms with Crippen LogP contribution >= 0.6 is 0 Å². The third-order valence-electron chi connectivity index (χ3n) is 3.42. The highest BCUT2D eigenvalue weighted by atomic mass is 16.3. The first kappa shape index (κ1) is 12.3. The first-order valence-corrected chi connectivity index (χ1v) is 6.05. The van der Waals surface area contributed by atoms with Gasteiger partial charge in [-0.15, -0.1) is 0 Å². The molecule has 1 fully saturated rings. The molecule has 1 aromatic rings. The molecule has 4 nitrogen and oxygen atoms in total. The van der Waals surface area contributed by atoms with Gasteiger partial charge in [0, 0.05) is 36.7 Å². The van der Waals surface area contributed by atoms with Crippen LogP contribution in [0.4, 0.5) is 5.69 Å². The van der Waals surface area contributed by atoms with Crippen molar-refractivity contribution in [1.82, 2.24) is 4.98 Å². The lowest BCUT2D eigenvalue weighted by Gasteiger charge is -2.35. The third-order valence-corrected chi connectivity index (χ3v) is 3.42. The number of nitrogens with zero attached hydrogens (tertiary/aromatic N) is 2. The predicted octanol–water partition coefficient (Wildman–Crippen LogP) is 1.09. The van der Waals surface area contributed by atoms with Gasteiger partial charge >= 0.3 is 0 Å². The summed E-state index contributed by atoms with van der Waals surface area (Å²) >= 11 is 0. The van der Waals surface area contributed by atoms with E-state index in [1.165, 1.54) is 0 Å². The smallest absolute Gasteiger partial charge is 0.0717 e. The minimum Gasteiger partial charge on any atom is -0.393 e. The maximum atomic E-state index is 9.30. The first-order valence-electron chi connectivity index (χ1n) is 6.05. The molecule has 0 amide bonds. The second kappa shape index (κ2) is 5.02. The van der Waals surface area contributed by atoms with Crippen molar-refractivity contribution in [3.8, 4) is 0 Å². The Labute approximate surface area is 102 Å². The molecule has 1 saturated carbocycles. The number of pyridine rings is 1. The lowest BCUT2D eigenvalue weighted by atomic mass is 9.82. The quantitative estimate of drug-likeness (QED) is 0.821. The fraction of sp³-hybridized carbons (Fsp3) is 0.615. The number of anilines is 1. The Hall–Kier alpha value is -1.13. The normalized spacial score (nSPS) is 23.3. The SMILES string of the molecule is Cc1cc(N(C)CC2CC(O)C2)c(CO)cn1. The number of rotatable bonds is 4. The van der Waals surface area contributed by atoms with E-state index in [0.29, 0.717) is 5.92 Å². The van der Waals surface area contributed by atoms with Crippen LogP contribution in [-0.4, -0.2) is 34.9 Å². The summed E-state index contributed by atoms with van der Waals surface area (Å²) in [6, 6.07) is 2.00. The second-order valence-corrected chi connectivity index (χ2v) is 4.98. The number of aliphatic hydroxyl groups excluding tert-OH is 2. The Morgan fingerprint density at radius 2 is 2.18 bits per heavy atom. The van der Waals surface area contributed by atoms with Crippen molar-refractivity contribution in [2.45, 2.75) is 32.5 Å². The summed E-state index contributed by atoms with van der Waals surface area (Å²) in [4.78, 5) is 6.34. The molecule has 0 spiro atoms. The molecular formula is C13H20N2O2. The van der Waals surface area contributed by atoms with Crippen LogP contribution in [0.5, 0.6) is 0 Å². The van der Waals surface area contributed by atoms with Gasteiger partial charge in [-0.3, -0.25) is 4.98 Å². The van der Waals surface area contributed by atoms with E-state index >= 15 is 0 Å². The molecule has 2 rings (SSSR count). The van der Waals surface area contributed by atoms with E-state index in [9.17, 15) is 10.2 Å². The van der Waals surface area contributed by atoms with Crippen LogP contribution in [0.15, 0.2) is 12.3 Å². The van der Waals surface area contributed by atoms with Crippen molar-refractivity contribution in [3.05, 3.63) is 23.5 Å². The van der Waals surface area contributed by atoms with Crippen LogP contribution in [0, 0.1) is 12.8 Å². The van der Waals surface area contributed by atoms with Gasteiger partial charge in [-0.1, -0.05) is 0 Å². The minimum absolute atomic E-state index is 0.0141. The van der Waals surface area contributed by atoms with Gasteiger partial charge in [0.25, 0.3) is 0 Å². The molecular weight excluding hydrogens is 216 g/mol. The Kier molecular flexibility index (Phi) is 3.64. The van der Waals surface area contributed by atoms with E-state index < -0.39 is 0 Å². The maximum absolute atomic E-state index is 9.30. The van der Waals surface area contributed by atoms with Gasteiger partial charge in [-0.25, -0.2) is 0 Å². The monoisotopic (exact) mass is 236 g/mol. The average Bonchev–Trinajstić information content (AvgIpc) is 2.27. The van der Waals surface area contributed by atoms with Crippen molar-refractivity contribution in [2.24, 2.45) is 5.92 Å². The van der Waals surface area contributed by atoms with Crippen LogP contribution in [0.2, 0.25) is 0 Å². The van der Waals surface area contributed by atoms with E-state index in [1.807, 2.05) is 20.0 Å². The molecule has 1 aliphatic rings. The molecule has 0 unspecified atom stereocenters. The zero-order valence-corrected chi connectivity index (χ0v) is 10.4. The Morgan fingerprint density at radius 3 is 2.76 bits per heavy atom. The second-order valence-electron chi connectivity index (χ2n) is 4.98. The molecule has 1 aromatic heterocycles. The van der Waals surface area contributed by atoms with E-state index in [2.05, 4.69) is 9.88 Å². The standard InChI is InChI=1S/C13H20N2O2/c1-9-3-13(11(8-16)6-14-9)15(2)7-10-4-12(17)5-10/h3,6,10,12,16-17H,4-5,7-8H2,1-2H3. The van der Waals surface area contributed by atoms with Gasteiger partial charge in [0.05, 0.1) is 12.7 Å². The number of aryl methyl sites for hydroxylation is 1. The number of aliphatic hydroxyl groups is 2. The lowest BCUT2D eigenvalue weighted by Crippen LogP contribution is -2.37. The number of hydrogen-bond donors (Lipinski definition) is 2. The van der Waals surface area contributed by atoms with Gasteiger partial charge in [-0.05, 0) is 31.7 Å². The Bertz CT molecular complexity index is 389. The van der Waals surface area contributed by atoms with Crippen LogP contribution in [-0.2, 0) is 6.61 Å². The van der Waals surface area contributed by atoms with Gasteiger partial charge < -0.3 is 15.1 Å².